The maximum atomic E-state index is 12.3. The van der Waals surface area contributed by atoms with Crippen molar-refractivity contribution in [3.63, 3.8) is 0 Å². The van der Waals surface area contributed by atoms with E-state index in [2.05, 4.69) is 6.92 Å². The zero-order valence-electron chi connectivity index (χ0n) is 18.4. The molecule has 0 bridgehead atoms. The molecule has 0 radical (unpaired) electrons. The molecular weight excluding hydrogens is 312 g/mol. The molecule has 0 amide bonds. The van der Waals surface area contributed by atoms with Gasteiger partial charge in [0.15, 0.2) is 11.6 Å². The lowest BCUT2D eigenvalue weighted by Gasteiger charge is -2.57. The van der Waals surface area contributed by atoms with Crippen molar-refractivity contribution in [2.75, 3.05) is 0 Å². The van der Waals surface area contributed by atoms with Gasteiger partial charge in [0.05, 0.1) is 0 Å². The van der Waals surface area contributed by atoms with E-state index < -0.39 is 17.9 Å². The first-order valence-corrected chi connectivity index (χ1v) is 9.56. The smallest absolute Gasteiger partial charge is 0.161 e. The summed E-state index contributed by atoms with van der Waals surface area (Å²) in [6.45, 7) is 3.33. The Morgan fingerprint density at radius 2 is 1.96 bits per heavy atom. The van der Waals surface area contributed by atoms with Gasteiger partial charge < -0.3 is 5.11 Å². The fraction of sp³-hybridized carbons (Fsp3) is 0.727. The van der Waals surface area contributed by atoms with E-state index in [1.54, 1.807) is 6.08 Å². The molecule has 4 aliphatic carbocycles. The lowest BCUT2D eigenvalue weighted by molar-refractivity contribution is -0.156. The third-order valence-corrected chi connectivity index (χ3v) is 8.35. The Morgan fingerprint density at radius 1 is 1.24 bits per heavy atom. The van der Waals surface area contributed by atoms with Crippen LogP contribution in [0.5, 0.6) is 0 Å². The van der Waals surface area contributed by atoms with Crippen LogP contribution in [0.1, 0.15) is 70.3 Å². The van der Waals surface area contributed by atoms with Crippen molar-refractivity contribution in [1.29, 1.82) is 0 Å². The molecule has 4 aliphatic rings. The maximum absolute atomic E-state index is 12.3. The highest BCUT2D eigenvalue weighted by Crippen LogP contribution is 2.67. The van der Waals surface area contributed by atoms with E-state index in [-0.39, 0.29) is 34.7 Å². The van der Waals surface area contributed by atoms with Crippen LogP contribution in [-0.2, 0) is 9.59 Å². The quantitative estimate of drug-likeness (QED) is 0.781. The van der Waals surface area contributed by atoms with Crippen LogP contribution in [0.15, 0.2) is 23.3 Å². The third-order valence-electron chi connectivity index (χ3n) is 8.35. The first kappa shape index (κ1) is 13.9. The van der Waals surface area contributed by atoms with Crippen LogP contribution >= 0.6 is 0 Å². The first-order valence-electron chi connectivity index (χ1n) is 11.1. The average Bonchev–Trinajstić information content (AvgIpc) is 2.87. The number of ketones is 2. The highest BCUT2D eigenvalue weighted by molar-refractivity contribution is 5.92. The number of fused-ring (bicyclic) bond motifs is 5. The molecule has 0 aliphatic heterocycles. The summed E-state index contributed by atoms with van der Waals surface area (Å²) in [7, 11) is 0. The molecule has 0 saturated heterocycles. The molecule has 0 spiro atoms. The summed E-state index contributed by atoms with van der Waals surface area (Å²) < 4.78 is 24.3. The van der Waals surface area contributed by atoms with Crippen LogP contribution in [0, 0.1) is 28.6 Å². The predicted molar refractivity (Wildman–Crippen MR) is 96.9 cm³/mol. The summed E-state index contributed by atoms with van der Waals surface area (Å²) in [5, 5.41) is 11.2. The van der Waals surface area contributed by atoms with Crippen molar-refractivity contribution in [1.82, 2.24) is 0 Å². The van der Waals surface area contributed by atoms with E-state index >= 15 is 0 Å². The van der Waals surface area contributed by atoms with Gasteiger partial charge in [0.1, 0.15) is 5.60 Å². The molecule has 0 unspecified atom stereocenters. The molecule has 3 nitrogen and oxygen atoms in total. The molecule has 0 aromatic rings. The van der Waals surface area contributed by atoms with Crippen molar-refractivity contribution in [2.45, 2.75) is 71.7 Å². The molecule has 0 aromatic heterocycles. The minimum atomic E-state index is -2.28. The summed E-state index contributed by atoms with van der Waals surface area (Å²) >= 11 is 0. The van der Waals surface area contributed by atoms with Gasteiger partial charge in [-0.1, -0.05) is 25.5 Å². The predicted octanol–water partition coefficient (Wildman–Crippen LogP) is 4.00. The molecule has 2 fully saturated rings. The molecule has 136 valence electrons. The fourth-order valence-corrected chi connectivity index (χ4v) is 6.73. The highest BCUT2D eigenvalue weighted by Gasteiger charge is 2.65. The molecule has 2 saturated carbocycles. The summed E-state index contributed by atoms with van der Waals surface area (Å²) in [4.78, 5) is 24.5. The van der Waals surface area contributed by atoms with Crippen LogP contribution in [-0.4, -0.2) is 22.3 Å². The van der Waals surface area contributed by atoms with Crippen molar-refractivity contribution >= 4 is 11.6 Å². The van der Waals surface area contributed by atoms with Crippen LogP contribution in [0.3, 0.4) is 0 Å². The number of carbonyl (C=O) groups excluding carboxylic acids is 2. The van der Waals surface area contributed by atoms with Gasteiger partial charge in [-0.3, -0.25) is 9.59 Å². The van der Waals surface area contributed by atoms with Gasteiger partial charge in [0.2, 0.25) is 0 Å². The molecule has 1 N–H and O–H groups in total. The third kappa shape index (κ3) is 2.02. The SMILES string of the molecule is [2H]C([2H])([2H])C1=C[C@@H]2[C@H](CC[C@@]3(C)[C@H]2CC[C@]3(O)C(C)=O)[C@@]2(C)CCC(=O)C=C12. The number of aliphatic hydroxyl groups is 1. The Labute approximate surface area is 154 Å². The van der Waals surface area contributed by atoms with E-state index in [9.17, 15) is 14.7 Å². The van der Waals surface area contributed by atoms with Gasteiger partial charge in [-0.25, -0.2) is 0 Å². The Hall–Kier alpha value is -1.22. The Bertz CT molecular complexity index is 810. The number of hydrogen-bond donors (Lipinski definition) is 1. The van der Waals surface area contributed by atoms with Crippen LogP contribution in [0.25, 0.3) is 0 Å². The number of allylic oxidation sites excluding steroid dienone is 4. The Morgan fingerprint density at radius 3 is 2.64 bits per heavy atom. The zero-order chi connectivity index (χ0) is 20.7. The van der Waals surface area contributed by atoms with Crippen molar-refractivity contribution < 1.29 is 18.8 Å². The minimum Gasteiger partial charge on any atom is -0.382 e. The van der Waals surface area contributed by atoms with E-state index in [0.717, 1.165) is 19.3 Å². The summed E-state index contributed by atoms with van der Waals surface area (Å²) in [6, 6.07) is 0. The average molecular weight is 345 g/mol. The van der Waals surface area contributed by atoms with Gasteiger partial charge in [0, 0.05) is 15.9 Å². The second-order valence-corrected chi connectivity index (χ2v) is 9.22. The number of Topliss-reactive ketones (excluding diaryl/α,β-unsaturated/α-hetero) is 1. The second kappa shape index (κ2) is 5.16. The largest absolute Gasteiger partial charge is 0.382 e. The second-order valence-electron chi connectivity index (χ2n) is 9.22. The minimum absolute atomic E-state index is 0.00791. The molecular formula is C22H30O3. The molecule has 6 atom stereocenters. The molecule has 4 rings (SSSR count). The van der Waals surface area contributed by atoms with Gasteiger partial charge in [-0.05, 0) is 80.7 Å². The topological polar surface area (TPSA) is 54.4 Å². The summed E-state index contributed by atoms with van der Waals surface area (Å²) in [5.74, 6) is 0.159. The van der Waals surface area contributed by atoms with Crippen molar-refractivity contribution in [3.8, 4) is 0 Å². The number of rotatable bonds is 1. The number of carbonyl (C=O) groups is 2. The lowest BCUT2D eigenvalue weighted by Crippen LogP contribution is -2.56. The van der Waals surface area contributed by atoms with Crippen LogP contribution in [0.2, 0.25) is 0 Å². The van der Waals surface area contributed by atoms with Gasteiger partial charge in [-0.15, -0.1) is 0 Å². The maximum Gasteiger partial charge on any atom is 0.161 e. The summed E-state index contributed by atoms with van der Waals surface area (Å²) in [6.07, 6.45) is 7.35. The van der Waals surface area contributed by atoms with Crippen molar-refractivity contribution in [2.24, 2.45) is 28.6 Å². The van der Waals surface area contributed by atoms with Crippen LogP contribution < -0.4 is 0 Å². The van der Waals surface area contributed by atoms with E-state index in [0.29, 0.717) is 30.4 Å². The highest BCUT2D eigenvalue weighted by atomic mass is 16.3. The van der Waals surface area contributed by atoms with Crippen LogP contribution in [0.4, 0.5) is 0 Å². The Balaban J connectivity index is 1.87. The number of hydrogen-bond acceptors (Lipinski definition) is 3. The molecule has 0 heterocycles. The summed E-state index contributed by atoms with van der Waals surface area (Å²) in [5.41, 5.74) is -1.18. The molecule has 0 aromatic carbocycles. The van der Waals surface area contributed by atoms with E-state index in [1.165, 1.54) is 6.92 Å². The Kier molecular flexibility index (Phi) is 2.87. The van der Waals surface area contributed by atoms with Gasteiger partial charge in [0.25, 0.3) is 0 Å². The molecule has 3 heteroatoms. The van der Waals surface area contributed by atoms with E-state index in [4.69, 9.17) is 4.11 Å². The van der Waals surface area contributed by atoms with Crippen molar-refractivity contribution in [3.05, 3.63) is 23.3 Å². The first-order chi connectivity index (χ1) is 12.8. The normalized spacial score (nSPS) is 51.1. The lowest BCUT2D eigenvalue weighted by atomic mass is 9.47. The fourth-order valence-electron chi connectivity index (χ4n) is 6.73. The van der Waals surface area contributed by atoms with E-state index in [1.807, 2.05) is 13.0 Å². The molecule has 25 heavy (non-hydrogen) atoms. The zero-order valence-corrected chi connectivity index (χ0v) is 15.4. The van der Waals surface area contributed by atoms with Gasteiger partial charge >= 0.3 is 0 Å². The van der Waals surface area contributed by atoms with Gasteiger partial charge in [-0.2, -0.15) is 0 Å². The monoisotopic (exact) mass is 345 g/mol. The standard InChI is InChI=1S/C22H30O3/c1-13-11-16-17(20(3)8-5-15(24)12-19(13)20)6-9-21(4)18(16)7-10-22(21,25)14(2)23/h11-12,16-18,25H,5-10H2,1-4H3/t16-,17+,18+,20-,21+,22+/m1/s1/i1D3.